The van der Waals surface area contributed by atoms with Crippen LogP contribution in [0, 0.1) is 5.82 Å². The van der Waals surface area contributed by atoms with Gasteiger partial charge >= 0.3 is 6.18 Å². The summed E-state index contributed by atoms with van der Waals surface area (Å²) in [5, 5.41) is 0.864. The highest BCUT2D eigenvalue weighted by Crippen LogP contribution is 2.34. The molecule has 144 valence electrons. The summed E-state index contributed by atoms with van der Waals surface area (Å²) >= 11 is 0. The Morgan fingerprint density at radius 1 is 1.26 bits per heavy atom. The highest BCUT2D eigenvalue weighted by molar-refractivity contribution is 7.91. The third-order valence-corrected chi connectivity index (χ3v) is 5.50. The number of benzene rings is 1. The first-order valence-electron chi connectivity index (χ1n) is 7.75. The molecule has 0 bridgehead atoms. The first-order chi connectivity index (χ1) is 12.6. The minimum absolute atomic E-state index is 0.0681. The number of halogens is 4. The summed E-state index contributed by atoms with van der Waals surface area (Å²) in [6, 6.07) is 3.55. The third-order valence-electron chi connectivity index (χ3n) is 4.05. The lowest BCUT2D eigenvalue weighted by molar-refractivity contribution is -0.137. The van der Waals surface area contributed by atoms with Crippen LogP contribution in [0.5, 0.6) is 11.5 Å². The van der Waals surface area contributed by atoms with Crippen LogP contribution in [0.25, 0.3) is 0 Å². The van der Waals surface area contributed by atoms with E-state index in [1.165, 1.54) is 10.5 Å². The Morgan fingerprint density at radius 2 is 2.00 bits per heavy atom. The van der Waals surface area contributed by atoms with Crippen molar-refractivity contribution in [2.24, 2.45) is 0 Å². The fraction of sp³-hybridized carbons (Fsp3) is 0.235. The van der Waals surface area contributed by atoms with Gasteiger partial charge in [-0.05, 0) is 36.2 Å². The van der Waals surface area contributed by atoms with E-state index in [-0.39, 0.29) is 24.6 Å². The molecule has 1 aliphatic heterocycles. The standard InChI is InChI=1S/C17H14F4N2O3S/c1-2-27(24,25)23-6-5-11-7-13(9-22-15(11)10-23)26-16-4-3-12(8-14(16)18)17(19,20)21/h2-4,7-9H,1,5-6,10H2. The molecule has 1 aromatic carbocycles. The minimum Gasteiger partial charge on any atom is -0.453 e. The Morgan fingerprint density at radius 3 is 2.63 bits per heavy atom. The molecular formula is C17H14F4N2O3S. The lowest BCUT2D eigenvalue weighted by Gasteiger charge is -2.26. The molecule has 1 aromatic heterocycles. The number of sulfonamides is 1. The molecule has 0 saturated heterocycles. The molecule has 0 aliphatic carbocycles. The van der Waals surface area contributed by atoms with Gasteiger partial charge in [-0.1, -0.05) is 6.58 Å². The van der Waals surface area contributed by atoms with E-state index >= 15 is 0 Å². The van der Waals surface area contributed by atoms with Gasteiger partial charge in [-0.3, -0.25) is 4.98 Å². The van der Waals surface area contributed by atoms with E-state index in [0.29, 0.717) is 18.2 Å². The molecule has 2 heterocycles. The molecule has 0 N–H and O–H groups in total. The van der Waals surface area contributed by atoms with E-state index in [1.807, 2.05) is 0 Å². The zero-order valence-electron chi connectivity index (χ0n) is 13.8. The predicted octanol–water partition coefficient (Wildman–Crippen LogP) is 3.86. The smallest absolute Gasteiger partial charge is 0.416 e. The lowest BCUT2D eigenvalue weighted by Crippen LogP contribution is -2.35. The predicted molar refractivity (Wildman–Crippen MR) is 88.9 cm³/mol. The quantitative estimate of drug-likeness (QED) is 0.729. The van der Waals surface area contributed by atoms with E-state index in [9.17, 15) is 26.0 Å². The lowest BCUT2D eigenvalue weighted by atomic mass is 10.1. The Bertz CT molecular complexity index is 990. The molecule has 27 heavy (non-hydrogen) atoms. The first kappa shape index (κ1) is 19.3. The summed E-state index contributed by atoms with van der Waals surface area (Å²) < 4.78 is 81.9. The average Bonchev–Trinajstić information content (AvgIpc) is 2.62. The summed E-state index contributed by atoms with van der Waals surface area (Å²) in [5.41, 5.74) is 0.127. The molecule has 0 amide bonds. The number of alkyl halides is 3. The summed E-state index contributed by atoms with van der Waals surface area (Å²) in [6.45, 7) is 3.57. The van der Waals surface area contributed by atoms with E-state index in [2.05, 4.69) is 11.6 Å². The first-order valence-corrected chi connectivity index (χ1v) is 9.25. The number of aromatic nitrogens is 1. The van der Waals surface area contributed by atoms with Crippen molar-refractivity contribution in [2.75, 3.05) is 6.54 Å². The van der Waals surface area contributed by atoms with Crippen molar-refractivity contribution in [1.82, 2.24) is 9.29 Å². The molecule has 3 rings (SSSR count). The van der Waals surface area contributed by atoms with Crippen molar-refractivity contribution in [3.8, 4) is 11.5 Å². The van der Waals surface area contributed by atoms with Crippen molar-refractivity contribution < 1.29 is 30.7 Å². The van der Waals surface area contributed by atoms with E-state index in [1.54, 1.807) is 6.07 Å². The monoisotopic (exact) mass is 402 g/mol. The Balaban J connectivity index is 1.80. The van der Waals surface area contributed by atoms with Gasteiger partial charge in [0.15, 0.2) is 11.6 Å². The van der Waals surface area contributed by atoms with Crippen LogP contribution in [0.15, 0.2) is 42.4 Å². The van der Waals surface area contributed by atoms with E-state index in [4.69, 9.17) is 4.74 Å². The Hall–Kier alpha value is -2.46. The van der Waals surface area contributed by atoms with Gasteiger partial charge in [0.25, 0.3) is 0 Å². The van der Waals surface area contributed by atoms with Crippen LogP contribution in [-0.4, -0.2) is 24.3 Å². The van der Waals surface area contributed by atoms with Crippen LogP contribution in [0.4, 0.5) is 17.6 Å². The van der Waals surface area contributed by atoms with Crippen LogP contribution >= 0.6 is 0 Å². The average molecular weight is 402 g/mol. The SMILES string of the molecule is C=CS(=O)(=O)N1CCc2cc(Oc3ccc(C(F)(F)F)cc3F)cnc2C1. The highest BCUT2D eigenvalue weighted by atomic mass is 32.2. The van der Waals surface area contributed by atoms with Gasteiger partial charge in [-0.15, -0.1) is 0 Å². The van der Waals surface area contributed by atoms with Crippen molar-refractivity contribution in [3.63, 3.8) is 0 Å². The molecular weight excluding hydrogens is 388 g/mol. The highest BCUT2D eigenvalue weighted by Gasteiger charge is 2.31. The van der Waals surface area contributed by atoms with Gasteiger partial charge < -0.3 is 4.74 Å². The number of pyridine rings is 1. The van der Waals surface area contributed by atoms with Gasteiger partial charge in [0, 0.05) is 12.0 Å². The minimum atomic E-state index is -4.65. The fourth-order valence-electron chi connectivity index (χ4n) is 2.63. The van der Waals surface area contributed by atoms with Crippen molar-refractivity contribution in [1.29, 1.82) is 0 Å². The van der Waals surface area contributed by atoms with E-state index in [0.717, 1.165) is 23.1 Å². The molecule has 5 nitrogen and oxygen atoms in total. The second-order valence-corrected chi connectivity index (χ2v) is 7.70. The number of ether oxygens (including phenoxy) is 1. The summed E-state index contributed by atoms with van der Waals surface area (Å²) in [6.07, 6.45) is -3.02. The number of hydrogen-bond donors (Lipinski definition) is 0. The third kappa shape index (κ3) is 4.11. The van der Waals surface area contributed by atoms with E-state index < -0.39 is 27.6 Å². The maximum Gasteiger partial charge on any atom is 0.416 e. The van der Waals surface area contributed by atoms with Crippen molar-refractivity contribution in [2.45, 2.75) is 19.1 Å². The van der Waals surface area contributed by atoms with Crippen LogP contribution in [0.2, 0.25) is 0 Å². The zero-order valence-corrected chi connectivity index (χ0v) is 14.6. The molecule has 10 heteroatoms. The second-order valence-electron chi connectivity index (χ2n) is 5.82. The normalized spacial score (nSPS) is 15.3. The molecule has 0 fully saturated rings. The topological polar surface area (TPSA) is 59.5 Å². The molecule has 0 unspecified atom stereocenters. The van der Waals surface area contributed by atoms with Crippen molar-refractivity contribution >= 4 is 10.0 Å². The van der Waals surface area contributed by atoms with Gasteiger partial charge in [-0.25, -0.2) is 12.8 Å². The summed E-state index contributed by atoms with van der Waals surface area (Å²) in [4.78, 5) is 4.13. The van der Waals surface area contributed by atoms with Gasteiger partial charge in [-0.2, -0.15) is 17.5 Å². The molecule has 2 aromatic rings. The molecule has 0 saturated carbocycles. The molecule has 0 atom stereocenters. The van der Waals surface area contributed by atoms with Gasteiger partial charge in [0.2, 0.25) is 10.0 Å². The van der Waals surface area contributed by atoms with Crippen LogP contribution in [-0.2, 0) is 29.2 Å². The second kappa shape index (κ2) is 6.93. The van der Waals surface area contributed by atoms with Crippen LogP contribution in [0.3, 0.4) is 0 Å². The zero-order chi connectivity index (χ0) is 19.8. The number of rotatable bonds is 4. The maximum atomic E-state index is 13.9. The Labute approximate surface area is 152 Å². The maximum absolute atomic E-state index is 13.9. The van der Waals surface area contributed by atoms with Gasteiger partial charge in [0.1, 0.15) is 5.75 Å². The molecule has 0 spiro atoms. The Kier molecular flexibility index (Phi) is 4.96. The number of nitrogens with zero attached hydrogens (tertiary/aromatic N) is 2. The number of fused-ring (bicyclic) bond motifs is 1. The van der Waals surface area contributed by atoms with Crippen LogP contribution < -0.4 is 4.74 Å². The summed E-state index contributed by atoms with van der Waals surface area (Å²) in [5.74, 6) is -1.37. The largest absolute Gasteiger partial charge is 0.453 e. The molecule has 1 aliphatic rings. The van der Waals surface area contributed by atoms with Crippen molar-refractivity contribution in [3.05, 3.63) is 65.1 Å². The number of hydrogen-bond acceptors (Lipinski definition) is 4. The fourth-order valence-corrected chi connectivity index (χ4v) is 3.49. The molecule has 0 radical (unpaired) electrons. The summed E-state index contributed by atoms with van der Waals surface area (Å²) in [7, 11) is -3.56. The van der Waals surface area contributed by atoms with Gasteiger partial charge in [0.05, 0.1) is 24.0 Å². The van der Waals surface area contributed by atoms with Crippen LogP contribution in [0.1, 0.15) is 16.8 Å².